The van der Waals surface area contributed by atoms with E-state index in [4.69, 9.17) is 0 Å². The molecule has 1 atom stereocenters. The van der Waals surface area contributed by atoms with Crippen molar-refractivity contribution in [3.05, 3.63) is 65.9 Å². The maximum absolute atomic E-state index is 13.9. The van der Waals surface area contributed by atoms with Crippen LogP contribution in [0.5, 0.6) is 0 Å². The number of anilines is 1. The minimum absolute atomic E-state index is 0.210. The van der Waals surface area contributed by atoms with Gasteiger partial charge in [0.25, 0.3) is 0 Å². The smallest absolute Gasteiger partial charge is 0.241 e. The number of likely N-dealkylation sites (tertiary alicyclic amines) is 1. The molecule has 1 amide bonds. The largest absolute Gasteiger partial charge is 0.361 e. The molecule has 0 bridgehead atoms. The number of carbonyl (C=O) groups is 1. The zero-order chi connectivity index (χ0) is 28.0. The second-order valence-electron chi connectivity index (χ2n) is 10.9. The molecule has 0 radical (unpaired) electrons. The summed E-state index contributed by atoms with van der Waals surface area (Å²) < 4.78 is 55.0. The molecule has 0 aliphatic carbocycles. The number of nitrogens with zero attached hydrogens (tertiary/aromatic N) is 3. The first-order chi connectivity index (χ1) is 18.4. The highest BCUT2D eigenvalue weighted by Crippen LogP contribution is 2.47. The van der Waals surface area contributed by atoms with E-state index in [9.17, 15) is 21.6 Å². The number of hydrogen-bond donors (Lipinski definition) is 2. The molecule has 1 saturated heterocycles. The van der Waals surface area contributed by atoms with Gasteiger partial charge >= 0.3 is 0 Å². The van der Waals surface area contributed by atoms with Crippen molar-refractivity contribution in [3.8, 4) is 0 Å². The van der Waals surface area contributed by atoms with E-state index in [1.807, 2.05) is 54.7 Å². The van der Waals surface area contributed by atoms with Crippen LogP contribution in [0, 0.1) is 0 Å². The van der Waals surface area contributed by atoms with Gasteiger partial charge in [0, 0.05) is 42.1 Å². The van der Waals surface area contributed by atoms with E-state index in [0.717, 1.165) is 22.0 Å². The molecule has 0 saturated carbocycles. The number of aromatic nitrogens is 1. The summed E-state index contributed by atoms with van der Waals surface area (Å²) in [4.78, 5) is 20.3. The van der Waals surface area contributed by atoms with E-state index < -0.39 is 26.1 Å². The Kier molecular flexibility index (Phi) is 7.25. The molecule has 1 aromatic heterocycles. The molecule has 5 rings (SSSR count). The number of rotatable bonds is 8. The number of para-hydroxylation sites is 2. The SMILES string of the molecule is CN(C)CS(=O)(=O)NC(Cc1c[nH]c2ccccc12)C(=O)N1CCC2(CC1)CN(S(C)(=O)=O)c1ccccc12. The van der Waals surface area contributed by atoms with Gasteiger partial charge in [0.15, 0.2) is 0 Å². The summed E-state index contributed by atoms with van der Waals surface area (Å²) >= 11 is 0. The third-order valence-corrected chi connectivity index (χ3v) is 10.4. The number of amides is 1. The zero-order valence-corrected chi connectivity index (χ0v) is 24.1. The van der Waals surface area contributed by atoms with Gasteiger partial charge in [0.05, 0.1) is 11.9 Å². The Bertz CT molecular complexity index is 1590. The Hall–Kier alpha value is -2.93. The minimum atomic E-state index is -3.76. The Morgan fingerprint density at radius 3 is 2.41 bits per heavy atom. The summed E-state index contributed by atoms with van der Waals surface area (Å²) in [7, 11) is -3.87. The number of sulfonamides is 2. The molecule has 39 heavy (non-hydrogen) atoms. The van der Waals surface area contributed by atoms with Crippen LogP contribution < -0.4 is 9.03 Å². The Balaban J connectivity index is 1.38. The van der Waals surface area contributed by atoms with Crippen LogP contribution in [0.25, 0.3) is 10.9 Å². The lowest BCUT2D eigenvalue weighted by molar-refractivity contribution is -0.134. The highest BCUT2D eigenvalue weighted by Gasteiger charge is 2.48. The van der Waals surface area contributed by atoms with Crippen molar-refractivity contribution in [2.24, 2.45) is 0 Å². The molecule has 12 heteroatoms. The molecular weight excluding hydrogens is 538 g/mol. The van der Waals surface area contributed by atoms with Crippen LogP contribution in [0.1, 0.15) is 24.0 Å². The average Bonchev–Trinajstić information content (AvgIpc) is 3.42. The van der Waals surface area contributed by atoms with E-state index >= 15 is 0 Å². The third-order valence-electron chi connectivity index (χ3n) is 7.77. The number of hydrogen-bond acceptors (Lipinski definition) is 6. The number of benzene rings is 2. The van der Waals surface area contributed by atoms with Gasteiger partial charge in [-0.05, 0) is 56.6 Å². The molecule has 1 unspecified atom stereocenters. The fourth-order valence-corrected chi connectivity index (χ4v) is 8.35. The molecule has 2 N–H and O–H groups in total. The topological polar surface area (TPSA) is 123 Å². The van der Waals surface area contributed by atoms with Crippen LogP contribution in [0.3, 0.4) is 0 Å². The van der Waals surface area contributed by atoms with Crippen molar-refractivity contribution in [3.63, 3.8) is 0 Å². The van der Waals surface area contributed by atoms with Crippen molar-refractivity contribution >= 4 is 42.5 Å². The number of nitrogens with one attached hydrogen (secondary N) is 2. The van der Waals surface area contributed by atoms with E-state index in [-0.39, 0.29) is 23.6 Å². The summed E-state index contributed by atoms with van der Waals surface area (Å²) in [5.41, 5.74) is 3.09. The van der Waals surface area contributed by atoms with E-state index in [1.165, 1.54) is 10.6 Å². The van der Waals surface area contributed by atoms with Gasteiger partial charge in [0.2, 0.25) is 26.0 Å². The zero-order valence-electron chi connectivity index (χ0n) is 22.4. The van der Waals surface area contributed by atoms with Crippen molar-refractivity contribution < 1.29 is 21.6 Å². The summed E-state index contributed by atoms with van der Waals surface area (Å²) in [5.74, 6) is -0.505. The Morgan fingerprint density at radius 2 is 1.72 bits per heavy atom. The van der Waals surface area contributed by atoms with Gasteiger partial charge in [-0.1, -0.05) is 36.4 Å². The van der Waals surface area contributed by atoms with Crippen LogP contribution in [0.15, 0.2) is 54.7 Å². The fourth-order valence-electron chi connectivity index (χ4n) is 5.98. The van der Waals surface area contributed by atoms with Gasteiger partial charge in [-0.25, -0.2) is 21.6 Å². The van der Waals surface area contributed by atoms with E-state index in [2.05, 4.69) is 9.71 Å². The molecule has 3 aromatic rings. The maximum Gasteiger partial charge on any atom is 0.241 e. The van der Waals surface area contributed by atoms with Crippen molar-refractivity contribution in [1.29, 1.82) is 0 Å². The lowest BCUT2D eigenvalue weighted by atomic mass is 9.74. The highest BCUT2D eigenvalue weighted by molar-refractivity contribution is 7.92. The molecule has 2 aromatic carbocycles. The van der Waals surface area contributed by atoms with Gasteiger partial charge in [-0.2, -0.15) is 0 Å². The van der Waals surface area contributed by atoms with Crippen LogP contribution in [0.4, 0.5) is 5.69 Å². The Labute approximate surface area is 230 Å². The number of piperidine rings is 1. The summed E-state index contributed by atoms with van der Waals surface area (Å²) in [5, 5.41) is 0.947. The van der Waals surface area contributed by atoms with Crippen molar-refractivity contribution in [2.45, 2.75) is 30.7 Å². The van der Waals surface area contributed by atoms with Gasteiger partial charge in [-0.3, -0.25) is 14.0 Å². The summed E-state index contributed by atoms with van der Waals surface area (Å²) in [6.07, 6.45) is 4.43. The fraction of sp³-hybridized carbons (Fsp3) is 0.444. The molecule has 210 valence electrons. The summed E-state index contributed by atoms with van der Waals surface area (Å²) in [6, 6.07) is 14.3. The lowest BCUT2D eigenvalue weighted by Crippen LogP contribution is -2.55. The van der Waals surface area contributed by atoms with Gasteiger partial charge < -0.3 is 9.88 Å². The standard InChI is InChI=1S/C27H35N5O5S2/c1-30(2)19-39(36,37)29-24(16-20-17-28-23-10-6-4-8-21(20)23)26(33)31-14-12-27(13-15-31)18-32(38(3,34)35)25-11-7-5-9-22(25)27/h4-11,17,24,28-29H,12-16,18-19H2,1-3H3. The monoisotopic (exact) mass is 573 g/mol. The number of fused-ring (bicyclic) bond motifs is 3. The molecular formula is C27H35N5O5S2. The quantitative estimate of drug-likeness (QED) is 0.424. The predicted octanol–water partition coefficient (Wildman–Crippen LogP) is 1.86. The predicted molar refractivity (Wildman–Crippen MR) is 153 cm³/mol. The lowest BCUT2D eigenvalue weighted by Gasteiger charge is -2.41. The Morgan fingerprint density at radius 1 is 1.05 bits per heavy atom. The van der Waals surface area contributed by atoms with E-state index in [1.54, 1.807) is 23.9 Å². The first kappa shape index (κ1) is 27.6. The normalized spacial score (nSPS) is 18.2. The van der Waals surface area contributed by atoms with Gasteiger partial charge in [-0.15, -0.1) is 0 Å². The molecule has 2 aliphatic rings. The number of carbonyl (C=O) groups excluding carboxylic acids is 1. The van der Waals surface area contributed by atoms with Gasteiger partial charge in [0.1, 0.15) is 11.9 Å². The molecule has 1 fully saturated rings. The third kappa shape index (κ3) is 5.56. The van der Waals surface area contributed by atoms with Crippen LogP contribution in [-0.2, 0) is 36.7 Å². The number of aromatic amines is 1. The highest BCUT2D eigenvalue weighted by atomic mass is 32.2. The first-order valence-electron chi connectivity index (χ1n) is 12.9. The van der Waals surface area contributed by atoms with Crippen molar-refractivity contribution in [2.75, 3.05) is 50.2 Å². The maximum atomic E-state index is 13.9. The molecule has 2 aliphatic heterocycles. The summed E-state index contributed by atoms with van der Waals surface area (Å²) in [6.45, 7) is 1.16. The average molecular weight is 574 g/mol. The minimum Gasteiger partial charge on any atom is -0.361 e. The molecule has 1 spiro atoms. The number of H-pyrrole nitrogens is 1. The van der Waals surface area contributed by atoms with Crippen LogP contribution >= 0.6 is 0 Å². The van der Waals surface area contributed by atoms with Crippen molar-refractivity contribution in [1.82, 2.24) is 19.5 Å². The second kappa shape index (κ2) is 10.2. The molecule has 3 heterocycles. The van der Waals surface area contributed by atoms with Crippen LogP contribution in [0.2, 0.25) is 0 Å². The van der Waals surface area contributed by atoms with Crippen LogP contribution in [-0.4, -0.2) is 89.4 Å². The molecule has 10 nitrogen and oxygen atoms in total. The van der Waals surface area contributed by atoms with E-state index in [0.29, 0.717) is 38.2 Å². The first-order valence-corrected chi connectivity index (χ1v) is 16.4. The second-order valence-corrected chi connectivity index (χ2v) is 14.6.